The molecule has 2 fully saturated rings. The molecule has 0 aromatic carbocycles. The van der Waals surface area contributed by atoms with E-state index in [1.54, 1.807) is 4.90 Å². The van der Waals surface area contributed by atoms with Crippen molar-refractivity contribution in [2.45, 2.75) is 64.0 Å². The molecule has 1 saturated heterocycles. The quantitative estimate of drug-likeness (QED) is 0.863. The lowest BCUT2D eigenvalue weighted by atomic mass is 9.84. The number of nitrogens with zero attached hydrogens (tertiary/aromatic N) is 2. The van der Waals surface area contributed by atoms with Gasteiger partial charge in [0.15, 0.2) is 0 Å². The number of hydrogen-bond donors (Lipinski definition) is 1. The summed E-state index contributed by atoms with van der Waals surface area (Å²) in [5.41, 5.74) is 0. The maximum absolute atomic E-state index is 11.9. The van der Waals surface area contributed by atoms with Crippen LogP contribution in [0.1, 0.15) is 51.9 Å². The van der Waals surface area contributed by atoms with Crippen LogP contribution >= 0.6 is 0 Å². The SMILES string of the molecule is C[C@@H](NC1CCN(C(=O)N(C)C)CC1)C1CCCCC1. The average Bonchev–Trinajstić information content (AvgIpc) is 2.48. The summed E-state index contributed by atoms with van der Waals surface area (Å²) in [7, 11) is 3.66. The van der Waals surface area contributed by atoms with Crippen molar-refractivity contribution in [2.75, 3.05) is 27.2 Å². The van der Waals surface area contributed by atoms with Gasteiger partial charge >= 0.3 is 6.03 Å². The zero-order chi connectivity index (χ0) is 14.5. The van der Waals surface area contributed by atoms with Crippen LogP contribution in [0.15, 0.2) is 0 Å². The van der Waals surface area contributed by atoms with E-state index in [0.29, 0.717) is 12.1 Å². The van der Waals surface area contributed by atoms with Crippen molar-refractivity contribution in [2.24, 2.45) is 5.92 Å². The van der Waals surface area contributed by atoms with Crippen molar-refractivity contribution in [1.82, 2.24) is 15.1 Å². The summed E-state index contributed by atoms with van der Waals surface area (Å²) in [4.78, 5) is 15.6. The van der Waals surface area contributed by atoms with Gasteiger partial charge in [-0.25, -0.2) is 4.79 Å². The molecule has 2 rings (SSSR count). The Hall–Kier alpha value is -0.770. The normalized spacial score (nSPS) is 23.6. The molecule has 1 saturated carbocycles. The molecule has 1 heterocycles. The van der Waals surface area contributed by atoms with Crippen LogP contribution in [-0.2, 0) is 0 Å². The predicted molar refractivity (Wildman–Crippen MR) is 82.9 cm³/mol. The fourth-order valence-corrected chi connectivity index (χ4v) is 3.66. The first-order chi connectivity index (χ1) is 9.58. The van der Waals surface area contributed by atoms with E-state index in [1.165, 1.54) is 32.1 Å². The van der Waals surface area contributed by atoms with Crippen molar-refractivity contribution in [1.29, 1.82) is 0 Å². The summed E-state index contributed by atoms with van der Waals surface area (Å²) >= 11 is 0. The van der Waals surface area contributed by atoms with E-state index >= 15 is 0 Å². The number of hydrogen-bond acceptors (Lipinski definition) is 2. The summed E-state index contributed by atoms with van der Waals surface area (Å²) in [5.74, 6) is 0.866. The van der Waals surface area contributed by atoms with Crippen LogP contribution in [0.4, 0.5) is 4.79 Å². The molecule has 116 valence electrons. The average molecular weight is 281 g/mol. The lowest BCUT2D eigenvalue weighted by Crippen LogP contribution is -2.50. The lowest BCUT2D eigenvalue weighted by molar-refractivity contribution is 0.147. The molecule has 1 aliphatic carbocycles. The number of carbonyl (C=O) groups is 1. The van der Waals surface area contributed by atoms with Gasteiger partial charge in [0.1, 0.15) is 0 Å². The molecule has 4 heteroatoms. The Balaban J connectivity index is 1.72. The summed E-state index contributed by atoms with van der Waals surface area (Å²) in [6.07, 6.45) is 9.22. The van der Waals surface area contributed by atoms with Crippen molar-refractivity contribution >= 4 is 6.03 Å². The Bertz CT molecular complexity index is 305. The third-order valence-corrected chi connectivity index (χ3v) is 5.00. The van der Waals surface area contributed by atoms with Crippen LogP contribution in [0.2, 0.25) is 0 Å². The standard InChI is InChI=1S/C16H31N3O/c1-13(14-7-5-4-6-8-14)17-15-9-11-19(12-10-15)16(20)18(2)3/h13-15,17H,4-12H2,1-3H3/t13-/m1/s1. The Morgan fingerprint density at radius 1 is 1.10 bits per heavy atom. The number of rotatable bonds is 3. The van der Waals surface area contributed by atoms with E-state index in [-0.39, 0.29) is 6.03 Å². The maximum atomic E-state index is 11.9. The van der Waals surface area contributed by atoms with E-state index in [0.717, 1.165) is 31.8 Å². The minimum atomic E-state index is 0.156. The van der Waals surface area contributed by atoms with Gasteiger partial charge in [-0.3, -0.25) is 0 Å². The number of carbonyl (C=O) groups excluding carboxylic acids is 1. The van der Waals surface area contributed by atoms with Gasteiger partial charge in [0.25, 0.3) is 0 Å². The zero-order valence-corrected chi connectivity index (χ0v) is 13.4. The van der Waals surface area contributed by atoms with Gasteiger partial charge in [-0.15, -0.1) is 0 Å². The zero-order valence-electron chi connectivity index (χ0n) is 13.4. The molecule has 1 N–H and O–H groups in total. The predicted octanol–water partition coefficient (Wildman–Crippen LogP) is 2.69. The van der Waals surface area contributed by atoms with Gasteiger partial charge in [0, 0.05) is 39.3 Å². The van der Waals surface area contributed by atoms with Gasteiger partial charge in [0.05, 0.1) is 0 Å². The first kappa shape index (κ1) is 15.6. The van der Waals surface area contributed by atoms with Crippen molar-refractivity contribution in [3.8, 4) is 0 Å². The monoisotopic (exact) mass is 281 g/mol. The minimum absolute atomic E-state index is 0.156. The third-order valence-electron chi connectivity index (χ3n) is 5.00. The number of nitrogens with one attached hydrogen (secondary N) is 1. The van der Waals surface area contributed by atoms with E-state index in [2.05, 4.69) is 12.2 Å². The van der Waals surface area contributed by atoms with Crippen molar-refractivity contribution in [3.05, 3.63) is 0 Å². The molecule has 0 radical (unpaired) electrons. The van der Waals surface area contributed by atoms with E-state index < -0.39 is 0 Å². The minimum Gasteiger partial charge on any atom is -0.331 e. The number of likely N-dealkylation sites (tertiary alicyclic amines) is 1. The van der Waals surface area contributed by atoms with Crippen LogP contribution in [0.3, 0.4) is 0 Å². The first-order valence-electron chi connectivity index (χ1n) is 8.30. The summed E-state index contributed by atoms with van der Waals surface area (Å²) in [5, 5.41) is 3.83. The number of urea groups is 1. The van der Waals surface area contributed by atoms with Crippen LogP contribution in [0, 0.1) is 5.92 Å². The molecular weight excluding hydrogens is 250 g/mol. The highest BCUT2D eigenvalue weighted by Crippen LogP contribution is 2.27. The first-order valence-corrected chi connectivity index (χ1v) is 8.30. The lowest BCUT2D eigenvalue weighted by Gasteiger charge is -2.37. The maximum Gasteiger partial charge on any atom is 0.319 e. The molecule has 1 atom stereocenters. The second-order valence-electron chi connectivity index (χ2n) is 6.79. The molecule has 4 nitrogen and oxygen atoms in total. The Labute approximate surface area is 123 Å². The van der Waals surface area contributed by atoms with Gasteiger partial charge < -0.3 is 15.1 Å². The topological polar surface area (TPSA) is 35.6 Å². The fraction of sp³-hybridized carbons (Fsp3) is 0.938. The fourth-order valence-electron chi connectivity index (χ4n) is 3.66. The highest BCUT2D eigenvalue weighted by atomic mass is 16.2. The van der Waals surface area contributed by atoms with Crippen LogP contribution < -0.4 is 5.32 Å². The molecule has 0 bridgehead atoms. The van der Waals surface area contributed by atoms with Crippen molar-refractivity contribution in [3.63, 3.8) is 0 Å². The molecule has 0 spiro atoms. The van der Waals surface area contributed by atoms with E-state index in [1.807, 2.05) is 19.0 Å². The number of piperidine rings is 1. The largest absolute Gasteiger partial charge is 0.331 e. The molecule has 20 heavy (non-hydrogen) atoms. The number of amides is 2. The molecule has 2 amide bonds. The van der Waals surface area contributed by atoms with Crippen LogP contribution in [0.25, 0.3) is 0 Å². The van der Waals surface area contributed by atoms with E-state index in [9.17, 15) is 4.79 Å². The van der Waals surface area contributed by atoms with Crippen LogP contribution in [-0.4, -0.2) is 55.1 Å². The van der Waals surface area contributed by atoms with Gasteiger partial charge in [-0.05, 0) is 38.5 Å². The molecule has 1 aliphatic heterocycles. The Morgan fingerprint density at radius 3 is 2.25 bits per heavy atom. The third kappa shape index (κ3) is 4.11. The molecule has 2 aliphatic rings. The van der Waals surface area contributed by atoms with Gasteiger partial charge in [0.2, 0.25) is 0 Å². The highest BCUT2D eigenvalue weighted by Gasteiger charge is 2.27. The van der Waals surface area contributed by atoms with E-state index in [4.69, 9.17) is 0 Å². The van der Waals surface area contributed by atoms with Crippen LogP contribution in [0.5, 0.6) is 0 Å². The summed E-state index contributed by atoms with van der Waals surface area (Å²) in [6, 6.07) is 1.39. The molecule has 0 aromatic rings. The Morgan fingerprint density at radius 2 is 1.70 bits per heavy atom. The Kier molecular flexibility index (Phi) is 5.70. The summed E-state index contributed by atoms with van der Waals surface area (Å²) < 4.78 is 0. The van der Waals surface area contributed by atoms with Gasteiger partial charge in [-0.1, -0.05) is 19.3 Å². The molecule has 0 unspecified atom stereocenters. The van der Waals surface area contributed by atoms with Gasteiger partial charge in [-0.2, -0.15) is 0 Å². The van der Waals surface area contributed by atoms with Crippen molar-refractivity contribution < 1.29 is 4.79 Å². The molecular formula is C16H31N3O. The smallest absolute Gasteiger partial charge is 0.319 e. The molecule has 0 aromatic heterocycles. The second-order valence-corrected chi connectivity index (χ2v) is 6.79. The second kappa shape index (κ2) is 7.30. The summed E-state index contributed by atoms with van der Waals surface area (Å²) in [6.45, 7) is 4.14. The highest BCUT2D eigenvalue weighted by molar-refractivity contribution is 5.73.